The predicted octanol–water partition coefficient (Wildman–Crippen LogP) is 4.92. The van der Waals surface area contributed by atoms with Crippen molar-refractivity contribution in [1.82, 2.24) is 0 Å². The fourth-order valence-corrected chi connectivity index (χ4v) is 2.75. The van der Waals surface area contributed by atoms with Crippen LogP contribution in [-0.2, 0) is 4.79 Å². The predicted molar refractivity (Wildman–Crippen MR) is 114 cm³/mol. The van der Waals surface area contributed by atoms with E-state index in [1.165, 1.54) is 13.2 Å². The third-order valence-electron chi connectivity index (χ3n) is 4.17. The number of carbonyl (C=O) groups is 1. The highest BCUT2D eigenvalue weighted by Crippen LogP contribution is 2.28. The minimum absolute atomic E-state index is 0.0585. The number of ether oxygens (including phenoxy) is 2. The maximum absolute atomic E-state index is 12.2. The van der Waals surface area contributed by atoms with E-state index in [1.54, 1.807) is 24.3 Å². The van der Waals surface area contributed by atoms with E-state index in [2.05, 4.69) is 5.32 Å². The zero-order chi connectivity index (χ0) is 20.5. The average molecular weight is 384 g/mol. The number of anilines is 1. The van der Waals surface area contributed by atoms with Crippen molar-refractivity contribution >= 4 is 17.7 Å². The number of nitriles is 1. The summed E-state index contributed by atoms with van der Waals surface area (Å²) in [5, 5.41) is 11.5. The van der Waals surface area contributed by atoms with Gasteiger partial charge in [-0.2, -0.15) is 5.26 Å². The largest absolute Gasteiger partial charge is 0.493 e. The van der Waals surface area contributed by atoms with Gasteiger partial charge >= 0.3 is 0 Å². The molecule has 0 aromatic heterocycles. The topological polar surface area (TPSA) is 71.3 Å². The first-order chi connectivity index (χ1) is 14.2. The van der Waals surface area contributed by atoms with E-state index in [1.807, 2.05) is 60.7 Å². The van der Waals surface area contributed by atoms with Gasteiger partial charge < -0.3 is 14.8 Å². The van der Waals surface area contributed by atoms with Crippen molar-refractivity contribution in [3.8, 4) is 28.7 Å². The van der Waals surface area contributed by atoms with E-state index in [9.17, 15) is 4.79 Å². The molecule has 3 aromatic rings. The first-order valence-electron chi connectivity index (χ1n) is 9.02. The molecule has 0 unspecified atom stereocenters. The van der Waals surface area contributed by atoms with Crippen molar-refractivity contribution in [2.24, 2.45) is 0 Å². The summed E-state index contributed by atoms with van der Waals surface area (Å²) >= 11 is 0. The van der Waals surface area contributed by atoms with E-state index in [0.717, 1.165) is 22.4 Å². The van der Waals surface area contributed by atoms with Crippen molar-refractivity contribution in [2.45, 2.75) is 0 Å². The van der Waals surface area contributed by atoms with E-state index in [-0.39, 0.29) is 12.5 Å². The van der Waals surface area contributed by atoms with Crippen molar-refractivity contribution in [3.63, 3.8) is 0 Å². The van der Waals surface area contributed by atoms with Crippen LogP contribution >= 0.6 is 0 Å². The second kappa shape index (κ2) is 9.77. The van der Waals surface area contributed by atoms with E-state index in [0.29, 0.717) is 11.5 Å². The van der Waals surface area contributed by atoms with Gasteiger partial charge in [0.2, 0.25) is 5.91 Å². The fourth-order valence-electron chi connectivity index (χ4n) is 2.75. The Morgan fingerprint density at radius 2 is 1.72 bits per heavy atom. The molecule has 0 aliphatic carbocycles. The number of carbonyl (C=O) groups excluding carboxylic acids is 1. The minimum atomic E-state index is -0.235. The Morgan fingerprint density at radius 1 is 1.00 bits per heavy atom. The van der Waals surface area contributed by atoms with Crippen molar-refractivity contribution in [1.29, 1.82) is 5.26 Å². The number of hydrogen-bond acceptors (Lipinski definition) is 4. The molecule has 0 saturated heterocycles. The van der Waals surface area contributed by atoms with Crippen LogP contribution in [0.25, 0.3) is 17.2 Å². The monoisotopic (exact) mass is 384 g/mol. The minimum Gasteiger partial charge on any atom is -0.493 e. The highest BCUT2D eigenvalue weighted by Gasteiger charge is 2.05. The van der Waals surface area contributed by atoms with E-state index < -0.39 is 0 Å². The van der Waals surface area contributed by atoms with Crippen LogP contribution in [0.2, 0.25) is 0 Å². The Kier molecular flexibility index (Phi) is 6.64. The molecule has 29 heavy (non-hydrogen) atoms. The molecule has 1 N–H and O–H groups in total. The smallest absolute Gasteiger partial charge is 0.248 e. The summed E-state index contributed by atoms with van der Waals surface area (Å²) in [7, 11) is 1.52. The van der Waals surface area contributed by atoms with Gasteiger partial charge in [-0.15, -0.1) is 0 Å². The molecule has 0 radical (unpaired) electrons. The summed E-state index contributed by atoms with van der Waals surface area (Å²) in [5.74, 6) is 0.745. The molecule has 0 spiro atoms. The lowest BCUT2D eigenvalue weighted by molar-refractivity contribution is -0.111. The summed E-state index contributed by atoms with van der Waals surface area (Å²) in [4.78, 5) is 12.2. The molecule has 3 aromatic carbocycles. The lowest BCUT2D eigenvalue weighted by Gasteiger charge is -2.09. The molecule has 0 fully saturated rings. The van der Waals surface area contributed by atoms with E-state index >= 15 is 0 Å². The fraction of sp³-hybridized carbons (Fsp3) is 0.0833. The van der Waals surface area contributed by atoms with Gasteiger partial charge in [0.15, 0.2) is 18.1 Å². The second-order valence-corrected chi connectivity index (χ2v) is 6.12. The molecule has 5 nitrogen and oxygen atoms in total. The summed E-state index contributed by atoms with van der Waals surface area (Å²) in [6, 6.07) is 24.9. The quantitative estimate of drug-likeness (QED) is 0.587. The first-order valence-corrected chi connectivity index (χ1v) is 9.02. The van der Waals surface area contributed by atoms with Gasteiger partial charge in [0, 0.05) is 11.8 Å². The second-order valence-electron chi connectivity index (χ2n) is 6.12. The number of nitrogens with zero attached hydrogens (tertiary/aromatic N) is 1. The third kappa shape index (κ3) is 5.47. The highest BCUT2D eigenvalue weighted by molar-refractivity contribution is 6.02. The first kappa shape index (κ1) is 19.7. The number of methoxy groups -OCH3 is 1. The normalized spacial score (nSPS) is 10.3. The van der Waals surface area contributed by atoms with Gasteiger partial charge in [-0.1, -0.05) is 48.5 Å². The molecule has 0 saturated carbocycles. The number of hydrogen-bond donors (Lipinski definition) is 1. The Hall–Kier alpha value is -4.04. The van der Waals surface area contributed by atoms with Gasteiger partial charge in [-0.05, 0) is 47.0 Å². The molecule has 144 valence electrons. The van der Waals surface area contributed by atoms with Crippen LogP contribution in [0.1, 0.15) is 5.56 Å². The van der Waals surface area contributed by atoms with Crippen LogP contribution in [0.15, 0.2) is 78.9 Å². The molecule has 0 aliphatic heterocycles. The van der Waals surface area contributed by atoms with Crippen LogP contribution in [0, 0.1) is 11.3 Å². The van der Waals surface area contributed by atoms with Gasteiger partial charge in [-0.3, -0.25) is 4.79 Å². The maximum atomic E-state index is 12.2. The Labute approximate surface area is 169 Å². The van der Waals surface area contributed by atoms with Crippen LogP contribution < -0.4 is 14.8 Å². The molecule has 5 heteroatoms. The zero-order valence-corrected chi connectivity index (χ0v) is 16.0. The summed E-state index contributed by atoms with van der Waals surface area (Å²) in [6.45, 7) is -0.0585. The third-order valence-corrected chi connectivity index (χ3v) is 4.17. The Bertz CT molecular complexity index is 1040. The summed E-state index contributed by atoms with van der Waals surface area (Å²) < 4.78 is 10.6. The average Bonchev–Trinajstić information content (AvgIpc) is 2.77. The maximum Gasteiger partial charge on any atom is 0.248 e. The van der Waals surface area contributed by atoms with Gasteiger partial charge in [0.05, 0.1) is 7.11 Å². The standard InChI is InChI=1S/C24H20N2O3/c1-28-23-17-18(7-13-22(23)29-16-15-25)8-14-24(27)26-21-11-9-20(10-12-21)19-5-3-2-4-6-19/h2-14,17H,16H2,1H3,(H,26,27)/b14-8+. The van der Waals surface area contributed by atoms with Gasteiger partial charge in [0.25, 0.3) is 0 Å². The molecular formula is C24H20N2O3. The molecule has 0 bridgehead atoms. The van der Waals surface area contributed by atoms with E-state index in [4.69, 9.17) is 14.7 Å². The van der Waals surface area contributed by atoms with Crippen molar-refractivity contribution < 1.29 is 14.3 Å². The molecule has 3 rings (SSSR count). The summed E-state index contributed by atoms with van der Waals surface area (Å²) in [5.41, 5.74) is 3.71. The van der Waals surface area contributed by atoms with Gasteiger partial charge in [0.1, 0.15) is 6.07 Å². The highest BCUT2D eigenvalue weighted by atomic mass is 16.5. The van der Waals surface area contributed by atoms with Crippen LogP contribution in [0.3, 0.4) is 0 Å². The zero-order valence-electron chi connectivity index (χ0n) is 16.0. The molecule has 0 heterocycles. The van der Waals surface area contributed by atoms with Crippen LogP contribution in [0.5, 0.6) is 11.5 Å². The number of benzene rings is 3. The van der Waals surface area contributed by atoms with Crippen molar-refractivity contribution in [2.75, 3.05) is 19.0 Å². The lowest BCUT2D eigenvalue weighted by atomic mass is 10.1. The van der Waals surface area contributed by atoms with Crippen molar-refractivity contribution in [3.05, 3.63) is 84.4 Å². The molecule has 0 aliphatic rings. The molecule has 1 amide bonds. The van der Waals surface area contributed by atoms with Crippen LogP contribution in [-0.4, -0.2) is 19.6 Å². The van der Waals surface area contributed by atoms with Gasteiger partial charge in [-0.25, -0.2) is 0 Å². The molecular weight excluding hydrogens is 364 g/mol. The SMILES string of the molecule is COc1cc(/C=C/C(=O)Nc2ccc(-c3ccccc3)cc2)ccc1OCC#N. The Morgan fingerprint density at radius 3 is 2.41 bits per heavy atom. The number of rotatable bonds is 7. The number of amides is 1. The Balaban J connectivity index is 1.63. The molecule has 0 atom stereocenters. The lowest BCUT2D eigenvalue weighted by Crippen LogP contribution is -2.07. The summed E-state index contributed by atoms with van der Waals surface area (Å²) in [6.07, 6.45) is 3.14. The van der Waals surface area contributed by atoms with Crippen LogP contribution in [0.4, 0.5) is 5.69 Å². The number of nitrogens with one attached hydrogen (secondary N) is 1.